The third-order valence-corrected chi connectivity index (χ3v) is 4.84. The van der Waals surface area contributed by atoms with E-state index in [0.29, 0.717) is 6.04 Å². The quantitative estimate of drug-likeness (QED) is 0.944. The van der Waals surface area contributed by atoms with Gasteiger partial charge in [-0.05, 0) is 32.4 Å². The Hall–Kier alpha value is -1.81. The number of hydrogen-bond acceptors (Lipinski definition) is 4. The number of anilines is 2. The lowest BCUT2D eigenvalue weighted by molar-refractivity contribution is 0.312. The van der Waals surface area contributed by atoms with Crippen LogP contribution in [0.3, 0.4) is 0 Å². The lowest BCUT2D eigenvalue weighted by atomic mass is 10.0. The van der Waals surface area contributed by atoms with Crippen LogP contribution in [-0.2, 0) is 0 Å². The summed E-state index contributed by atoms with van der Waals surface area (Å²) in [5, 5.41) is 6.27. The van der Waals surface area contributed by atoms with Gasteiger partial charge in [-0.3, -0.25) is 0 Å². The molecule has 1 saturated carbocycles. The van der Waals surface area contributed by atoms with Gasteiger partial charge in [0.25, 0.3) is 0 Å². The summed E-state index contributed by atoms with van der Waals surface area (Å²) in [6.07, 6.45) is 4.61. The largest absolute Gasteiger partial charge is 0.381 e. The van der Waals surface area contributed by atoms with Crippen molar-refractivity contribution in [1.82, 2.24) is 9.88 Å². The number of fused-ring (bicyclic) bond motifs is 1. The monoisotopic (exact) mass is 296 g/mol. The van der Waals surface area contributed by atoms with Gasteiger partial charge in [0, 0.05) is 43.0 Å². The Balaban J connectivity index is 1.78. The highest BCUT2D eigenvalue weighted by atomic mass is 15.3. The number of nitrogens with zero attached hydrogens (tertiary/aromatic N) is 3. The molecule has 0 unspecified atom stereocenters. The molecule has 2 fully saturated rings. The zero-order chi connectivity index (χ0) is 15.1. The normalized spacial score (nSPS) is 19.6. The van der Waals surface area contributed by atoms with Crippen LogP contribution in [0.5, 0.6) is 0 Å². The van der Waals surface area contributed by atoms with Crippen molar-refractivity contribution >= 4 is 22.3 Å². The minimum Gasteiger partial charge on any atom is -0.381 e. The minimum atomic E-state index is 0.653. The van der Waals surface area contributed by atoms with Crippen molar-refractivity contribution in [2.75, 3.05) is 43.4 Å². The van der Waals surface area contributed by atoms with E-state index in [-0.39, 0.29) is 0 Å². The van der Waals surface area contributed by atoms with Gasteiger partial charge in [-0.25, -0.2) is 4.98 Å². The first-order valence-electron chi connectivity index (χ1n) is 8.31. The fourth-order valence-corrected chi connectivity index (χ4v) is 3.27. The van der Waals surface area contributed by atoms with Gasteiger partial charge in [0.1, 0.15) is 5.82 Å². The average molecular weight is 296 g/mol. The van der Waals surface area contributed by atoms with Crippen molar-refractivity contribution in [3.8, 4) is 0 Å². The molecule has 22 heavy (non-hydrogen) atoms. The molecule has 0 atom stereocenters. The van der Waals surface area contributed by atoms with E-state index in [0.717, 1.165) is 32.0 Å². The molecule has 0 radical (unpaired) electrons. The van der Waals surface area contributed by atoms with Gasteiger partial charge in [-0.15, -0.1) is 0 Å². The summed E-state index contributed by atoms with van der Waals surface area (Å²) in [5.74, 6) is 1.16. The number of piperazine rings is 1. The predicted octanol–water partition coefficient (Wildman–Crippen LogP) is 2.87. The number of aromatic nitrogens is 1. The number of hydrogen-bond donors (Lipinski definition) is 1. The Labute approximate surface area is 132 Å². The summed E-state index contributed by atoms with van der Waals surface area (Å²) < 4.78 is 0. The smallest absolute Gasteiger partial charge is 0.136 e. The summed E-state index contributed by atoms with van der Waals surface area (Å²) in [7, 11) is 2.19. The van der Waals surface area contributed by atoms with E-state index < -0.39 is 0 Å². The van der Waals surface area contributed by atoms with E-state index in [2.05, 4.69) is 47.3 Å². The van der Waals surface area contributed by atoms with Gasteiger partial charge in [0.05, 0.1) is 11.9 Å². The van der Waals surface area contributed by atoms with Crippen LogP contribution in [0.4, 0.5) is 11.5 Å². The highest BCUT2D eigenvalue weighted by Crippen LogP contribution is 2.35. The van der Waals surface area contributed by atoms with Crippen LogP contribution < -0.4 is 10.2 Å². The topological polar surface area (TPSA) is 31.4 Å². The molecule has 1 saturated heterocycles. The molecular weight excluding hydrogens is 272 g/mol. The molecule has 4 heteroatoms. The Morgan fingerprint density at radius 2 is 1.91 bits per heavy atom. The molecule has 1 aromatic heterocycles. The van der Waals surface area contributed by atoms with Gasteiger partial charge >= 0.3 is 0 Å². The van der Waals surface area contributed by atoms with Crippen LogP contribution in [0, 0.1) is 6.92 Å². The highest BCUT2D eigenvalue weighted by Gasteiger charge is 2.24. The molecule has 4 nitrogen and oxygen atoms in total. The van der Waals surface area contributed by atoms with Crippen molar-refractivity contribution in [2.24, 2.45) is 0 Å². The van der Waals surface area contributed by atoms with E-state index in [1.54, 1.807) is 0 Å². The molecule has 0 bridgehead atoms. The van der Waals surface area contributed by atoms with E-state index in [1.807, 2.05) is 6.20 Å². The maximum Gasteiger partial charge on any atom is 0.136 e. The molecule has 2 aromatic rings. The molecule has 2 aliphatic rings. The van der Waals surface area contributed by atoms with Crippen LogP contribution >= 0.6 is 0 Å². The average Bonchev–Trinajstić information content (AvgIpc) is 3.33. The fourth-order valence-electron chi connectivity index (χ4n) is 3.27. The van der Waals surface area contributed by atoms with Crippen LogP contribution in [0.25, 0.3) is 10.8 Å². The maximum absolute atomic E-state index is 4.84. The number of rotatable bonds is 3. The Bertz CT molecular complexity index is 685. The lowest BCUT2D eigenvalue weighted by Gasteiger charge is -2.34. The second-order valence-electron chi connectivity index (χ2n) is 6.70. The van der Waals surface area contributed by atoms with Crippen LogP contribution in [0.2, 0.25) is 0 Å². The third kappa shape index (κ3) is 2.52. The second-order valence-corrected chi connectivity index (χ2v) is 6.70. The summed E-state index contributed by atoms with van der Waals surface area (Å²) in [6, 6.07) is 7.24. The van der Waals surface area contributed by atoms with Gasteiger partial charge in [0.2, 0.25) is 0 Å². The molecule has 1 aliphatic carbocycles. The Morgan fingerprint density at radius 3 is 2.64 bits per heavy atom. The minimum absolute atomic E-state index is 0.653. The van der Waals surface area contributed by atoms with Crippen molar-refractivity contribution in [3.63, 3.8) is 0 Å². The zero-order valence-corrected chi connectivity index (χ0v) is 13.5. The highest BCUT2D eigenvalue weighted by molar-refractivity contribution is 6.02. The van der Waals surface area contributed by atoms with Crippen LogP contribution in [0.15, 0.2) is 24.4 Å². The standard InChI is InChI=1S/C18H24N4/c1-13-4-3-5-15-16(20-14-6-7-14)12-19-18(17(13)15)22-10-8-21(2)9-11-22/h3-5,12,14,20H,6-11H2,1-2H3. The first kappa shape index (κ1) is 13.8. The molecule has 0 spiro atoms. The Kier molecular flexibility index (Phi) is 3.41. The van der Waals surface area contributed by atoms with Crippen molar-refractivity contribution < 1.29 is 0 Å². The van der Waals surface area contributed by atoms with E-state index in [4.69, 9.17) is 4.98 Å². The van der Waals surface area contributed by atoms with Gasteiger partial charge < -0.3 is 15.1 Å². The van der Waals surface area contributed by atoms with Crippen LogP contribution in [-0.4, -0.2) is 49.2 Å². The molecule has 1 aliphatic heterocycles. The summed E-state index contributed by atoms with van der Waals surface area (Å²) in [5.41, 5.74) is 2.51. The number of benzene rings is 1. The first-order valence-corrected chi connectivity index (χ1v) is 8.31. The van der Waals surface area contributed by atoms with Gasteiger partial charge in [-0.1, -0.05) is 18.2 Å². The van der Waals surface area contributed by atoms with Crippen molar-refractivity contribution in [1.29, 1.82) is 0 Å². The molecule has 0 amide bonds. The lowest BCUT2D eigenvalue weighted by Crippen LogP contribution is -2.44. The summed E-state index contributed by atoms with van der Waals surface area (Å²) >= 11 is 0. The first-order chi connectivity index (χ1) is 10.7. The van der Waals surface area contributed by atoms with Gasteiger partial charge in [-0.2, -0.15) is 0 Å². The summed E-state index contributed by atoms with van der Waals surface area (Å²) in [6.45, 7) is 6.53. The molecular formula is C18H24N4. The third-order valence-electron chi connectivity index (χ3n) is 4.84. The maximum atomic E-state index is 4.84. The molecule has 1 N–H and O–H groups in total. The summed E-state index contributed by atoms with van der Waals surface area (Å²) in [4.78, 5) is 9.67. The van der Waals surface area contributed by atoms with E-state index >= 15 is 0 Å². The number of aryl methyl sites for hydroxylation is 1. The fraction of sp³-hybridized carbons (Fsp3) is 0.500. The number of nitrogens with one attached hydrogen (secondary N) is 1. The van der Waals surface area contributed by atoms with E-state index in [9.17, 15) is 0 Å². The van der Waals surface area contributed by atoms with Crippen molar-refractivity contribution in [3.05, 3.63) is 30.0 Å². The molecule has 116 valence electrons. The second kappa shape index (κ2) is 5.43. The molecule has 4 rings (SSSR count). The molecule has 2 heterocycles. The van der Waals surface area contributed by atoms with Gasteiger partial charge in [0.15, 0.2) is 0 Å². The molecule has 1 aromatic carbocycles. The Morgan fingerprint density at radius 1 is 1.14 bits per heavy atom. The SMILES string of the molecule is Cc1cccc2c(NC3CC3)cnc(N3CCN(C)CC3)c12. The van der Waals surface area contributed by atoms with Crippen LogP contribution in [0.1, 0.15) is 18.4 Å². The van der Waals surface area contributed by atoms with E-state index in [1.165, 1.54) is 34.9 Å². The number of pyridine rings is 1. The number of likely N-dealkylation sites (N-methyl/N-ethyl adjacent to an activating group) is 1. The predicted molar refractivity (Wildman–Crippen MR) is 92.8 cm³/mol. The zero-order valence-electron chi connectivity index (χ0n) is 13.5. The van der Waals surface area contributed by atoms with Crippen molar-refractivity contribution in [2.45, 2.75) is 25.8 Å².